The van der Waals surface area contributed by atoms with Gasteiger partial charge in [0, 0.05) is 24.4 Å². The molecule has 0 unspecified atom stereocenters. The van der Waals surface area contributed by atoms with E-state index in [-0.39, 0.29) is 0 Å². The van der Waals surface area contributed by atoms with Crippen LogP contribution in [-0.4, -0.2) is 18.6 Å². The molecule has 1 aromatic heterocycles. The number of pyridine rings is 1. The summed E-state index contributed by atoms with van der Waals surface area (Å²) in [5.74, 6) is 0. The largest absolute Gasteiger partial charge is 0.319 e. The molecule has 2 aliphatic carbocycles. The number of rotatable bonds is 3. The molecular formula is C15H22N2. The summed E-state index contributed by atoms with van der Waals surface area (Å²) < 4.78 is 0. The Balaban J connectivity index is 1.82. The topological polar surface area (TPSA) is 24.9 Å². The van der Waals surface area contributed by atoms with Crippen molar-refractivity contribution < 1.29 is 0 Å². The highest BCUT2D eigenvalue weighted by Gasteiger charge is 2.55. The van der Waals surface area contributed by atoms with Crippen LogP contribution in [0, 0.1) is 5.41 Å². The van der Waals surface area contributed by atoms with Gasteiger partial charge in [0.1, 0.15) is 0 Å². The first-order valence-corrected chi connectivity index (χ1v) is 6.84. The van der Waals surface area contributed by atoms with Gasteiger partial charge in [0.25, 0.3) is 0 Å². The summed E-state index contributed by atoms with van der Waals surface area (Å²) in [6.07, 6.45) is 12.5. The highest BCUT2D eigenvalue weighted by atomic mass is 14.9. The third kappa shape index (κ3) is 1.79. The lowest BCUT2D eigenvalue weighted by Crippen LogP contribution is -2.53. The smallest absolute Gasteiger partial charge is 0.0270 e. The van der Waals surface area contributed by atoms with E-state index in [1.54, 1.807) is 0 Å². The van der Waals surface area contributed by atoms with Crippen molar-refractivity contribution in [3.8, 4) is 0 Å². The van der Waals surface area contributed by atoms with Crippen molar-refractivity contribution in [1.29, 1.82) is 0 Å². The van der Waals surface area contributed by atoms with Crippen molar-refractivity contribution in [1.82, 2.24) is 10.3 Å². The lowest BCUT2D eigenvalue weighted by molar-refractivity contribution is 0.0282. The summed E-state index contributed by atoms with van der Waals surface area (Å²) in [5.41, 5.74) is 2.57. The quantitative estimate of drug-likeness (QED) is 0.863. The zero-order valence-electron chi connectivity index (χ0n) is 10.7. The molecule has 92 valence electrons. The van der Waals surface area contributed by atoms with Gasteiger partial charge in [-0.1, -0.05) is 12.8 Å². The molecule has 1 aromatic rings. The predicted molar refractivity (Wildman–Crippen MR) is 70.0 cm³/mol. The maximum absolute atomic E-state index is 4.15. The van der Waals surface area contributed by atoms with Crippen molar-refractivity contribution in [2.75, 3.05) is 13.6 Å². The minimum absolute atomic E-state index is 0.391. The number of nitrogens with zero attached hydrogens (tertiary/aromatic N) is 1. The van der Waals surface area contributed by atoms with Crippen molar-refractivity contribution in [3.63, 3.8) is 0 Å². The Hall–Kier alpha value is -0.890. The van der Waals surface area contributed by atoms with Gasteiger partial charge < -0.3 is 5.32 Å². The van der Waals surface area contributed by atoms with Crippen molar-refractivity contribution in [3.05, 3.63) is 30.1 Å². The third-order valence-electron chi connectivity index (χ3n) is 4.90. The first-order chi connectivity index (χ1) is 8.29. The Morgan fingerprint density at radius 3 is 2.41 bits per heavy atom. The lowest BCUT2D eigenvalue weighted by atomic mass is 9.49. The van der Waals surface area contributed by atoms with Gasteiger partial charge in [0.15, 0.2) is 0 Å². The van der Waals surface area contributed by atoms with Crippen LogP contribution in [0.2, 0.25) is 0 Å². The summed E-state index contributed by atoms with van der Waals surface area (Å²) in [7, 11) is 2.07. The number of hydrogen-bond acceptors (Lipinski definition) is 2. The Kier molecular flexibility index (Phi) is 2.70. The SMILES string of the molecule is CNCC1(c2ccncc2)CC2(CCCC2)C1. The van der Waals surface area contributed by atoms with E-state index in [0.29, 0.717) is 10.8 Å². The van der Waals surface area contributed by atoms with E-state index in [1.807, 2.05) is 12.4 Å². The van der Waals surface area contributed by atoms with E-state index in [4.69, 9.17) is 0 Å². The van der Waals surface area contributed by atoms with E-state index in [9.17, 15) is 0 Å². The maximum Gasteiger partial charge on any atom is 0.0270 e. The fourth-order valence-electron chi connectivity index (χ4n) is 4.34. The highest BCUT2D eigenvalue weighted by Crippen LogP contribution is 2.62. The highest BCUT2D eigenvalue weighted by molar-refractivity contribution is 5.30. The first-order valence-electron chi connectivity index (χ1n) is 6.84. The molecule has 0 aliphatic heterocycles. The second kappa shape index (κ2) is 4.09. The summed E-state index contributed by atoms with van der Waals surface area (Å²) in [5, 5.41) is 3.39. The zero-order valence-corrected chi connectivity index (χ0v) is 10.7. The van der Waals surface area contributed by atoms with Gasteiger partial charge in [-0.25, -0.2) is 0 Å². The maximum atomic E-state index is 4.15. The van der Waals surface area contributed by atoms with E-state index in [1.165, 1.54) is 44.1 Å². The molecule has 0 aromatic carbocycles. The second-order valence-corrected chi connectivity index (χ2v) is 6.11. The van der Waals surface area contributed by atoms with E-state index in [0.717, 1.165) is 6.54 Å². The monoisotopic (exact) mass is 230 g/mol. The van der Waals surface area contributed by atoms with Gasteiger partial charge >= 0.3 is 0 Å². The summed E-state index contributed by atoms with van der Waals surface area (Å²) >= 11 is 0. The van der Waals surface area contributed by atoms with Gasteiger partial charge in [-0.2, -0.15) is 0 Å². The summed E-state index contributed by atoms with van der Waals surface area (Å²) in [6, 6.07) is 4.41. The van der Waals surface area contributed by atoms with Crippen LogP contribution in [0.25, 0.3) is 0 Å². The molecule has 0 atom stereocenters. The van der Waals surface area contributed by atoms with E-state index >= 15 is 0 Å². The van der Waals surface area contributed by atoms with Crippen LogP contribution in [-0.2, 0) is 5.41 Å². The van der Waals surface area contributed by atoms with Gasteiger partial charge in [0.05, 0.1) is 0 Å². The fourth-order valence-corrected chi connectivity index (χ4v) is 4.34. The number of nitrogens with one attached hydrogen (secondary N) is 1. The fraction of sp³-hybridized carbons (Fsp3) is 0.667. The van der Waals surface area contributed by atoms with Crippen LogP contribution in [0.3, 0.4) is 0 Å². The number of aromatic nitrogens is 1. The summed E-state index contributed by atoms with van der Waals surface area (Å²) in [6.45, 7) is 1.11. The second-order valence-electron chi connectivity index (χ2n) is 6.11. The zero-order chi connectivity index (χ0) is 11.8. The average molecular weight is 230 g/mol. The number of hydrogen-bond donors (Lipinski definition) is 1. The Morgan fingerprint density at radius 1 is 1.18 bits per heavy atom. The van der Waals surface area contributed by atoms with Crippen molar-refractivity contribution in [2.24, 2.45) is 5.41 Å². The van der Waals surface area contributed by atoms with Crippen molar-refractivity contribution in [2.45, 2.75) is 43.9 Å². The molecule has 1 N–H and O–H groups in total. The molecule has 3 rings (SSSR count). The molecule has 2 aliphatic rings. The molecule has 0 amide bonds. The van der Waals surface area contributed by atoms with Crippen LogP contribution in [0.15, 0.2) is 24.5 Å². The predicted octanol–water partition coefficient (Wildman–Crippen LogP) is 2.89. The van der Waals surface area contributed by atoms with Crippen LogP contribution < -0.4 is 5.32 Å². The Morgan fingerprint density at radius 2 is 1.82 bits per heavy atom. The lowest BCUT2D eigenvalue weighted by Gasteiger charge is -2.56. The standard InChI is InChI=1S/C15H22N2/c1-16-12-15(13-4-8-17-9-5-13)10-14(11-15)6-2-3-7-14/h4-5,8-9,16H,2-3,6-7,10-12H2,1H3. The normalized spacial score (nSPS) is 24.8. The molecule has 2 nitrogen and oxygen atoms in total. The third-order valence-corrected chi connectivity index (χ3v) is 4.90. The van der Waals surface area contributed by atoms with Crippen LogP contribution in [0.1, 0.15) is 44.1 Å². The number of likely N-dealkylation sites (N-methyl/N-ethyl adjacent to an activating group) is 1. The summed E-state index contributed by atoms with van der Waals surface area (Å²) in [4.78, 5) is 4.15. The van der Waals surface area contributed by atoms with Gasteiger partial charge in [0.2, 0.25) is 0 Å². The minimum atomic E-state index is 0.391. The molecule has 2 heteroatoms. The Labute approximate surface area is 104 Å². The minimum Gasteiger partial charge on any atom is -0.319 e. The average Bonchev–Trinajstić information content (AvgIpc) is 2.78. The molecular weight excluding hydrogens is 208 g/mol. The molecule has 1 heterocycles. The van der Waals surface area contributed by atoms with Crippen LogP contribution >= 0.6 is 0 Å². The molecule has 1 spiro atoms. The molecule has 0 saturated heterocycles. The van der Waals surface area contributed by atoms with Gasteiger partial charge in [-0.05, 0) is 55.8 Å². The molecule has 17 heavy (non-hydrogen) atoms. The van der Waals surface area contributed by atoms with E-state index < -0.39 is 0 Å². The first kappa shape index (κ1) is 11.2. The van der Waals surface area contributed by atoms with Crippen molar-refractivity contribution >= 4 is 0 Å². The van der Waals surface area contributed by atoms with Crippen LogP contribution in [0.5, 0.6) is 0 Å². The molecule has 2 saturated carbocycles. The Bertz CT molecular complexity index is 371. The van der Waals surface area contributed by atoms with Gasteiger partial charge in [-0.15, -0.1) is 0 Å². The molecule has 0 bridgehead atoms. The molecule has 2 fully saturated rings. The van der Waals surface area contributed by atoms with E-state index in [2.05, 4.69) is 29.5 Å². The van der Waals surface area contributed by atoms with Crippen LogP contribution in [0.4, 0.5) is 0 Å². The van der Waals surface area contributed by atoms with Gasteiger partial charge in [-0.3, -0.25) is 4.98 Å². The molecule has 0 radical (unpaired) electrons.